The van der Waals surface area contributed by atoms with Gasteiger partial charge in [-0.25, -0.2) is 9.59 Å². The summed E-state index contributed by atoms with van der Waals surface area (Å²) in [7, 11) is 0. The van der Waals surface area contributed by atoms with E-state index in [0.29, 0.717) is 13.1 Å². The maximum absolute atomic E-state index is 13.7. The number of nitrogens with one attached hydrogen (secondary N) is 1. The highest BCUT2D eigenvalue weighted by Gasteiger charge is 2.44. The molecule has 5 rings (SSSR count). The van der Waals surface area contributed by atoms with Gasteiger partial charge in [-0.1, -0.05) is 54.6 Å². The van der Waals surface area contributed by atoms with Crippen molar-refractivity contribution >= 4 is 29.1 Å². The molecule has 0 radical (unpaired) electrons. The Morgan fingerprint density at radius 2 is 1.19 bits per heavy atom. The van der Waals surface area contributed by atoms with Crippen LogP contribution < -0.4 is 10.2 Å². The van der Waals surface area contributed by atoms with E-state index in [1.54, 1.807) is 4.90 Å². The molecule has 0 saturated carbocycles. The zero-order valence-electron chi connectivity index (χ0n) is 17.8. The number of carbonyl (C=O) groups excluding carboxylic acids is 2. The molecule has 2 saturated heterocycles. The summed E-state index contributed by atoms with van der Waals surface area (Å²) >= 11 is 0. The topological polar surface area (TPSA) is 55.9 Å². The van der Waals surface area contributed by atoms with E-state index in [9.17, 15) is 9.59 Å². The number of rotatable bonds is 3. The maximum atomic E-state index is 13.7. The Morgan fingerprint density at radius 3 is 1.69 bits per heavy atom. The number of amides is 4. The van der Waals surface area contributed by atoms with Gasteiger partial charge in [-0.3, -0.25) is 4.90 Å². The Kier molecular flexibility index (Phi) is 5.50. The lowest BCUT2D eigenvalue weighted by Gasteiger charge is -2.42. The van der Waals surface area contributed by atoms with Crippen LogP contribution in [0.5, 0.6) is 0 Å². The third-order valence-electron chi connectivity index (χ3n) is 6.23. The summed E-state index contributed by atoms with van der Waals surface area (Å²) in [4.78, 5) is 32.3. The van der Waals surface area contributed by atoms with Gasteiger partial charge in [-0.2, -0.15) is 0 Å². The third-order valence-corrected chi connectivity index (χ3v) is 6.23. The number of benzene rings is 3. The SMILES string of the molecule is O=C(N1C[C@H]2CC[C@@H](C1)N2C(=O)Nc1ccccc1)N(c1ccccc1)c1ccccc1. The molecule has 0 aromatic heterocycles. The number of fused-ring (bicyclic) bond motifs is 2. The van der Waals surface area contributed by atoms with E-state index in [1.165, 1.54) is 0 Å². The fraction of sp³-hybridized carbons (Fsp3) is 0.231. The summed E-state index contributed by atoms with van der Waals surface area (Å²) in [6.07, 6.45) is 1.82. The van der Waals surface area contributed by atoms with Gasteiger partial charge in [0.25, 0.3) is 0 Å². The van der Waals surface area contributed by atoms with Crippen molar-refractivity contribution in [1.82, 2.24) is 9.80 Å². The van der Waals surface area contributed by atoms with Crippen LogP contribution in [-0.2, 0) is 0 Å². The second-order valence-corrected chi connectivity index (χ2v) is 8.28. The van der Waals surface area contributed by atoms with Crippen molar-refractivity contribution in [2.75, 3.05) is 23.3 Å². The molecule has 6 nitrogen and oxygen atoms in total. The number of anilines is 3. The van der Waals surface area contributed by atoms with Crippen LogP contribution in [0.15, 0.2) is 91.0 Å². The molecular weight excluding hydrogens is 400 g/mol. The smallest absolute Gasteiger partial charge is 0.320 e. The van der Waals surface area contributed by atoms with E-state index >= 15 is 0 Å². The van der Waals surface area contributed by atoms with Crippen molar-refractivity contribution in [3.8, 4) is 0 Å². The lowest BCUT2D eigenvalue weighted by Crippen LogP contribution is -2.59. The molecule has 0 unspecified atom stereocenters. The molecular formula is C26H26N4O2. The predicted molar refractivity (Wildman–Crippen MR) is 126 cm³/mol. The van der Waals surface area contributed by atoms with E-state index in [-0.39, 0.29) is 24.1 Å². The first-order valence-corrected chi connectivity index (χ1v) is 11.0. The fourth-order valence-electron chi connectivity index (χ4n) is 4.77. The number of likely N-dealkylation sites (tertiary alicyclic amines) is 1. The van der Waals surface area contributed by atoms with Crippen LogP contribution >= 0.6 is 0 Å². The van der Waals surface area contributed by atoms with Crippen LogP contribution in [0.4, 0.5) is 26.7 Å². The minimum atomic E-state index is -0.0845. The van der Waals surface area contributed by atoms with Gasteiger partial charge in [0.1, 0.15) is 0 Å². The third kappa shape index (κ3) is 3.91. The summed E-state index contributed by atoms with van der Waals surface area (Å²) in [5.74, 6) is 0. The molecule has 2 fully saturated rings. The monoisotopic (exact) mass is 426 g/mol. The van der Waals surface area contributed by atoms with Gasteiger partial charge in [0, 0.05) is 18.8 Å². The number of hydrogen-bond donors (Lipinski definition) is 1. The van der Waals surface area contributed by atoms with Crippen LogP contribution in [0, 0.1) is 0 Å². The molecule has 32 heavy (non-hydrogen) atoms. The van der Waals surface area contributed by atoms with Gasteiger partial charge in [0.2, 0.25) is 0 Å². The molecule has 0 aliphatic carbocycles. The molecule has 0 spiro atoms. The van der Waals surface area contributed by atoms with Crippen molar-refractivity contribution in [3.05, 3.63) is 91.0 Å². The largest absolute Gasteiger partial charge is 0.329 e. The summed E-state index contributed by atoms with van der Waals surface area (Å²) in [6, 6.07) is 28.9. The van der Waals surface area contributed by atoms with E-state index in [4.69, 9.17) is 0 Å². The van der Waals surface area contributed by atoms with Crippen LogP contribution in [0.25, 0.3) is 0 Å². The average Bonchev–Trinajstić information content (AvgIpc) is 3.11. The number of urea groups is 2. The van der Waals surface area contributed by atoms with Crippen molar-refractivity contribution < 1.29 is 9.59 Å². The molecule has 2 heterocycles. The van der Waals surface area contributed by atoms with E-state index in [1.807, 2.05) is 101 Å². The maximum Gasteiger partial charge on any atom is 0.329 e. The van der Waals surface area contributed by atoms with Crippen molar-refractivity contribution in [2.24, 2.45) is 0 Å². The molecule has 2 atom stereocenters. The molecule has 2 aliphatic rings. The van der Waals surface area contributed by atoms with Gasteiger partial charge in [-0.05, 0) is 49.2 Å². The Balaban J connectivity index is 1.35. The van der Waals surface area contributed by atoms with Crippen molar-refractivity contribution in [2.45, 2.75) is 24.9 Å². The number of para-hydroxylation sites is 3. The first kappa shape index (κ1) is 20.1. The van der Waals surface area contributed by atoms with Crippen LogP contribution in [0.1, 0.15) is 12.8 Å². The van der Waals surface area contributed by atoms with Crippen LogP contribution in [-0.4, -0.2) is 47.0 Å². The predicted octanol–water partition coefficient (Wildman–Crippen LogP) is 5.33. The van der Waals surface area contributed by atoms with Gasteiger partial charge in [0.15, 0.2) is 0 Å². The molecule has 3 aromatic rings. The Labute approximate surface area is 188 Å². The van der Waals surface area contributed by atoms with E-state index in [2.05, 4.69) is 5.32 Å². The summed E-state index contributed by atoms with van der Waals surface area (Å²) in [5, 5.41) is 3.00. The lowest BCUT2D eigenvalue weighted by molar-refractivity contribution is 0.110. The Hall–Kier alpha value is -3.80. The molecule has 2 bridgehead atoms. The quantitative estimate of drug-likeness (QED) is 0.616. The minimum Gasteiger partial charge on any atom is -0.320 e. The van der Waals surface area contributed by atoms with Crippen LogP contribution in [0.3, 0.4) is 0 Å². The minimum absolute atomic E-state index is 0.0230. The van der Waals surface area contributed by atoms with Gasteiger partial charge in [0.05, 0.1) is 23.5 Å². The standard InChI is InChI=1S/C26H26N4O2/c31-25(27-20-10-4-1-5-11-20)29-23-16-17-24(29)19-28(18-23)26(32)30(21-12-6-2-7-13-21)22-14-8-3-9-15-22/h1-15,23-24H,16-19H2,(H,27,31)/t23-,24+. The highest BCUT2D eigenvalue weighted by Crippen LogP contribution is 2.33. The molecule has 1 N–H and O–H groups in total. The summed E-state index contributed by atoms with van der Waals surface area (Å²) in [5.41, 5.74) is 2.45. The number of carbonyl (C=O) groups is 2. The molecule has 4 amide bonds. The first-order valence-electron chi connectivity index (χ1n) is 11.0. The zero-order valence-corrected chi connectivity index (χ0v) is 17.8. The van der Waals surface area contributed by atoms with Gasteiger partial charge < -0.3 is 15.1 Å². The molecule has 2 aliphatic heterocycles. The van der Waals surface area contributed by atoms with Crippen molar-refractivity contribution in [1.29, 1.82) is 0 Å². The number of hydrogen-bond acceptors (Lipinski definition) is 2. The summed E-state index contributed by atoms with van der Waals surface area (Å²) < 4.78 is 0. The molecule has 3 aromatic carbocycles. The molecule has 162 valence electrons. The summed E-state index contributed by atoms with van der Waals surface area (Å²) in [6.45, 7) is 1.07. The van der Waals surface area contributed by atoms with E-state index in [0.717, 1.165) is 29.9 Å². The highest BCUT2D eigenvalue weighted by molar-refractivity contribution is 5.99. The Morgan fingerprint density at radius 1 is 0.719 bits per heavy atom. The van der Waals surface area contributed by atoms with Gasteiger partial charge in [-0.15, -0.1) is 0 Å². The zero-order chi connectivity index (χ0) is 21.9. The second-order valence-electron chi connectivity index (χ2n) is 8.28. The lowest BCUT2D eigenvalue weighted by atomic mass is 10.2. The second kappa shape index (κ2) is 8.75. The number of nitrogens with zero attached hydrogens (tertiary/aromatic N) is 3. The Bertz CT molecular complexity index is 1020. The van der Waals surface area contributed by atoms with Crippen LogP contribution in [0.2, 0.25) is 0 Å². The molecule has 6 heteroatoms. The number of piperazine rings is 1. The van der Waals surface area contributed by atoms with Gasteiger partial charge >= 0.3 is 12.1 Å². The highest BCUT2D eigenvalue weighted by atomic mass is 16.2. The van der Waals surface area contributed by atoms with Crippen molar-refractivity contribution in [3.63, 3.8) is 0 Å². The van der Waals surface area contributed by atoms with E-state index < -0.39 is 0 Å². The first-order chi connectivity index (χ1) is 15.7. The fourth-order valence-corrected chi connectivity index (χ4v) is 4.77. The normalized spacial score (nSPS) is 19.5. The average molecular weight is 427 g/mol.